The van der Waals surface area contributed by atoms with Gasteiger partial charge >= 0.3 is 0 Å². The number of hydrogen-bond donors (Lipinski definition) is 0. The van der Waals surface area contributed by atoms with E-state index in [4.69, 9.17) is 19.4 Å². The van der Waals surface area contributed by atoms with Gasteiger partial charge in [-0.25, -0.2) is 15.0 Å². The lowest BCUT2D eigenvalue weighted by Crippen LogP contribution is -2.00. The fraction of sp³-hybridized carbons (Fsp3) is 0. The Bertz CT molecular complexity index is 3630. The largest absolute Gasteiger partial charge is 0.456 e. The average Bonchev–Trinajstić information content (AvgIpc) is 3.72. The van der Waals surface area contributed by atoms with Gasteiger partial charge in [-0.05, 0) is 96.0 Å². The van der Waals surface area contributed by atoms with Crippen molar-refractivity contribution in [1.29, 1.82) is 0 Å². The molecule has 10 aromatic carbocycles. The van der Waals surface area contributed by atoms with Crippen molar-refractivity contribution in [2.24, 2.45) is 0 Å². The third kappa shape index (κ3) is 6.04. The molecule has 61 heavy (non-hydrogen) atoms. The molecule has 284 valence electrons. The first-order chi connectivity index (χ1) is 30.2. The van der Waals surface area contributed by atoms with Crippen LogP contribution in [0.3, 0.4) is 0 Å². The zero-order valence-electron chi connectivity index (χ0n) is 33.0. The van der Waals surface area contributed by atoms with Crippen molar-refractivity contribution in [3.63, 3.8) is 0 Å². The molecule has 4 heteroatoms. The summed E-state index contributed by atoms with van der Waals surface area (Å²) in [5.74, 6) is 1.90. The number of hydrogen-bond acceptors (Lipinski definition) is 4. The number of benzene rings is 10. The minimum atomic E-state index is 0.627. The van der Waals surface area contributed by atoms with Gasteiger partial charge in [0.25, 0.3) is 0 Å². The topological polar surface area (TPSA) is 51.8 Å². The van der Waals surface area contributed by atoms with Crippen molar-refractivity contribution < 1.29 is 4.42 Å². The van der Waals surface area contributed by atoms with Gasteiger partial charge in [0, 0.05) is 27.5 Å². The molecule has 12 rings (SSSR count). The Morgan fingerprint density at radius 2 is 0.705 bits per heavy atom. The van der Waals surface area contributed by atoms with E-state index in [0.29, 0.717) is 17.5 Å². The van der Waals surface area contributed by atoms with Gasteiger partial charge in [0.15, 0.2) is 17.5 Å². The van der Waals surface area contributed by atoms with E-state index >= 15 is 0 Å². The smallest absolute Gasteiger partial charge is 0.164 e. The molecular formula is C57H35N3O. The quantitative estimate of drug-likeness (QED) is 0.158. The van der Waals surface area contributed by atoms with Crippen molar-refractivity contribution in [3.05, 3.63) is 212 Å². The fourth-order valence-corrected chi connectivity index (χ4v) is 8.95. The van der Waals surface area contributed by atoms with Gasteiger partial charge < -0.3 is 4.42 Å². The van der Waals surface area contributed by atoms with E-state index in [1.165, 1.54) is 43.4 Å². The molecule has 0 saturated carbocycles. The minimum Gasteiger partial charge on any atom is -0.456 e. The zero-order valence-corrected chi connectivity index (χ0v) is 33.0. The van der Waals surface area contributed by atoms with Crippen molar-refractivity contribution in [1.82, 2.24) is 15.0 Å². The zero-order chi connectivity index (χ0) is 40.3. The lowest BCUT2D eigenvalue weighted by molar-refractivity contribution is 0.669. The molecule has 12 aromatic rings. The molecule has 4 nitrogen and oxygen atoms in total. The van der Waals surface area contributed by atoms with Gasteiger partial charge in [-0.2, -0.15) is 0 Å². The SMILES string of the molecule is c1ccc(-c2ccc(-c3nc(-c4ccccc4)nc(-c4cccc(-c5ccc6c(c5)c5ccccc5c5cccc(-c7ccc8oc9ccccc9c8c7)c56)c4)n3)cc2)cc1. The van der Waals surface area contributed by atoms with Crippen LogP contribution in [0.25, 0.3) is 122 Å². The highest BCUT2D eigenvalue weighted by Gasteiger charge is 2.17. The summed E-state index contributed by atoms with van der Waals surface area (Å²) in [5.41, 5.74) is 11.5. The summed E-state index contributed by atoms with van der Waals surface area (Å²) >= 11 is 0. The molecular weight excluding hydrogens is 743 g/mol. The van der Waals surface area contributed by atoms with Crippen LogP contribution in [0.15, 0.2) is 217 Å². The van der Waals surface area contributed by atoms with E-state index in [1.54, 1.807) is 0 Å². The highest BCUT2D eigenvalue weighted by atomic mass is 16.3. The summed E-state index contributed by atoms with van der Waals surface area (Å²) in [5, 5.41) is 9.62. The van der Waals surface area contributed by atoms with Crippen molar-refractivity contribution >= 4 is 54.3 Å². The van der Waals surface area contributed by atoms with Crippen LogP contribution in [-0.2, 0) is 0 Å². The van der Waals surface area contributed by atoms with Gasteiger partial charge in [-0.1, -0.05) is 182 Å². The van der Waals surface area contributed by atoms with Crippen LogP contribution < -0.4 is 0 Å². The molecule has 2 aromatic heterocycles. The lowest BCUT2D eigenvalue weighted by atomic mass is 9.88. The van der Waals surface area contributed by atoms with E-state index in [1.807, 2.05) is 48.5 Å². The molecule has 0 bridgehead atoms. The molecule has 0 fully saturated rings. The number of aromatic nitrogens is 3. The van der Waals surface area contributed by atoms with Crippen molar-refractivity contribution in [3.8, 4) is 67.5 Å². The van der Waals surface area contributed by atoms with E-state index in [0.717, 1.165) is 60.9 Å². The van der Waals surface area contributed by atoms with Crippen LogP contribution in [0.5, 0.6) is 0 Å². The Hall–Kier alpha value is -8.21. The maximum atomic E-state index is 6.21. The Balaban J connectivity index is 0.992. The average molecular weight is 778 g/mol. The highest BCUT2D eigenvalue weighted by molar-refractivity contribution is 6.29. The van der Waals surface area contributed by atoms with Gasteiger partial charge in [0.2, 0.25) is 0 Å². The normalized spacial score (nSPS) is 11.6. The summed E-state index contributed by atoms with van der Waals surface area (Å²) in [6.45, 7) is 0. The number of rotatable bonds is 6. The third-order valence-corrected chi connectivity index (χ3v) is 11.9. The van der Waals surface area contributed by atoms with Gasteiger partial charge in [-0.3, -0.25) is 0 Å². The number of para-hydroxylation sites is 1. The van der Waals surface area contributed by atoms with Crippen LogP contribution in [0.1, 0.15) is 0 Å². The second-order valence-corrected chi connectivity index (χ2v) is 15.5. The first kappa shape index (κ1) is 34.8. The Morgan fingerprint density at radius 1 is 0.246 bits per heavy atom. The first-order valence-electron chi connectivity index (χ1n) is 20.6. The van der Waals surface area contributed by atoms with Gasteiger partial charge in [-0.15, -0.1) is 0 Å². The second kappa shape index (κ2) is 14.3. The van der Waals surface area contributed by atoms with E-state index < -0.39 is 0 Å². The Kier molecular flexibility index (Phi) is 8.13. The van der Waals surface area contributed by atoms with Crippen molar-refractivity contribution in [2.75, 3.05) is 0 Å². The third-order valence-electron chi connectivity index (χ3n) is 11.9. The lowest BCUT2D eigenvalue weighted by Gasteiger charge is -2.16. The summed E-state index contributed by atoms with van der Waals surface area (Å²) in [7, 11) is 0. The van der Waals surface area contributed by atoms with Crippen LogP contribution in [0.2, 0.25) is 0 Å². The molecule has 0 aliphatic rings. The monoisotopic (exact) mass is 777 g/mol. The molecule has 2 heterocycles. The Morgan fingerprint density at radius 3 is 1.48 bits per heavy atom. The number of furan rings is 1. The van der Waals surface area contributed by atoms with Gasteiger partial charge in [0.05, 0.1) is 0 Å². The molecule has 0 unspecified atom stereocenters. The molecule has 0 amide bonds. The molecule has 0 saturated heterocycles. The van der Waals surface area contributed by atoms with E-state index in [9.17, 15) is 0 Å². The van der Waals surface area contributed by atoms with Crippen LogP contribution in [0, 0.1) is 0 Å². The van der Waals surface area contributed by atoms with Gasteiger partial charge in [0.1, 0.15) is 11.2 Å². The maximum absolute atomic E-state index is 6.21. The molecule has 0 radical (unpaired) electrons. The van der Waals surface area contributed by atoms with Crippen LogP contribution in [-0.4, -0.2) is 15.0 Å². The van der Waals surface area contributed by atoms with Crippen LogP contribution in [0.4, 0.5) is 0 Å². The summed E-state index contributed by atoms with van der Waals surface area (Å²) in [6, 6.07) is 74.8. The van der Waals surface area contributed by atoms with E-state index in [2.05, 4.69) is 164 Å². The predicted octanol–water partition coefficient (Wildman–Crippen LogP) is 15.2. The van der Waals surface area contributed by atoms with E-state index in [-0.39, 0.29) is 0 Å². The first-order valence-corrected chi connectivity index (χ1v) is 20.6. The number of nitrogens with zero attached hydrogens (tertiary/aromatic N) is 3. The molecule has 0 aliphatic heterocycles. The van der Waals surface area contributed by atoms with Crippen molar-refractivity contribution in [2.45, 2.75) is 0 Å². The molecule has 0 aliphatic carbocycles. The summed E-state index contributed by atoms with van der Waals surface area (Å²) < 4.78 is 6.21. The predicted molar refractivity (Wildman–Crippen MR) is 252 cm³/mol. The standard InChI is InChI=1S/C57H35N3O/c1-3-13-36(14-4-1)37-25-27-39(28-26-37)56-58-55(38-15-5-2-6-16-38)59-57(60-56)43-18-11-17-40(33-43)41-29-31-49-50(34-41)46-20-8-7-19-45(46)48-23-12-22-44(54(48)49)42-30-32-53-51(35-42)47-21-9-10-24-52(47)61-53/h1-35H. The van der Waals surface area contributed by atoms with Crippen LogP contribution >= 0.6 is 0 Å². The fourth-order valence-electron chi connectivity index (χ4n) is 8.95. The molecule has 0 atom stereocenters. The molecule has 0 spiro atoms. The second-order valence-electron chi connectivity index (χ2n) is 15.5. The Labute approximate surface area is 352 Å². The highest BCUT2D eigenvalue weighted by Crippen LogP contribution is 2.43. The number of fused-ring (bicyclic) bond motifs is 9. The summed E-state index contributed by atoms with van der Waals surface area (Å²) in [6.07, 6.45) is 0. The summed E-state index contributed by atoms with van der Waals surface area (Å²) in [4.78, 5) is 15.2. The molecule has 0 N–H and O–H groups in total. The minimum absolute atomic E-state index is 0.627. The maximum Gasteiger partial charge on any atom is 0.164 e.